The summed E-state index contributed by atoms with van der Waals surface area (Å²) < 4.78 is 12.6. The maximum Gasteiger partial charge on any atom is 0.340 e. The van der Waals surface area contributed by atoms with E-state index in [2.05, 4.69) is 18.3 Å². The van der Waals surface area contributed by atoms with Gasteiger partial charge in [-0.1, -0.05) is 48.0 Å². The number of benzene rings is 4. The second-order valence-electron chi connectivity index (χ2n) is 8.37. The van der Waals surface area contributed by atoms with Crippen LogP contribution < -0.4 is 10.1 Å². The second-order valence-corrected chi connectivity index (χ2v) is 8.37. The maximum atomic E-state index is 12.9. The number of anilines is 2. The van der Waals surface area contributed by atoms with Crippen molar-refractivity contribution in [3.8, 4) is 11.5 Å². The summed E-state index contributed by atoms with van der Waals surface area (Å²) >= 11 is 0. The third-order valence-electron chi connectivity index (χ3n) is 6.29. The highest BCUT2D eigenvalue weighted by atomic mass is 16.6. The largest absolute Gasteiger partial charge is 0.456 e. The minimum absolute atomic E-state index is 0.317. The van der Waals surface area contributed by atoms with E-state index in [9.17, 15) is 4.79 Å². The van der Waals surface area contributed by atoms with Gasteiger partial charge in [0.1, 0.15) is 11.5 Å². The summed E-state index contributed by atoms with van der Waals surface area (Å²) in [6.07, 6.45) is 0. The molecule has 0 saturated heterocycles. The monoisotopic (exact) mass is 419 g/mol. The van der Waals surface area contributed by atoms with Gasteiger partial charge in [-0.3, -0.25) is 0 Å². The lowest BCUT2D eigenvalue weighted by atomic mass is 9.77. The van der Waals surface area contributed by atoms with E-state index in [1.165, 1.54) is 0 Å². The van der Waals surface area contributed by atoms with E-state index in [0.717, 1.165) is 39.2 Å². The molecule has 2 aliphatic rings. The van der Waals surface area contributed by atoms with Crippen LogP contribution in [0, 0.1) is 13.8 Å². The molecule has 4 aromatic carbocycles. The summed E-state index contributed by atoms with van der Waals surface area (Å²) in [6.45, 7) is 4.10. The SMILES string of the molecule is Cc1ccc2c(c1)C1(OC(=O)c3ccccc31)c1ccc(Nc3ccccc3C)cc1O2. The Morgan fingerprint density at radius 3 is 2.44 bits per heavy atom. The predicted octanol–water partition coefficient (Wildman–Crippen LogP) is 6.62. The van der Waals surface area contributed by atoms with Gasteiger partial charge in [-0.2, -0.15) is 0 Å². The topological polar surface area (TPSA) is 47.6 Å². The molecular weight excluding hydrogens is 398 g/mol. The molecule has 2 aliphatic heterocycles. The van der Waals surface area contributed by atoms with Gasteiger partial charge in [0.15, 0.2) is 5.60 Å². The molecule has 4 aromatic rings. The number of rotatable bonds is 2. The fraction of sp³-hybridized carbons (Fsp3) is 0.107. The smallest absolute Gasteiger partial charge is 0.340 e. The number of aryl methyl sites for hydroxylation is 2. The van der Waals surface area contributed by atoms with Crippen molar-refractivity contribution in [2.45, 2.75) is 19.4 Å². The van der Waals surface area contributed by atoms with Crippen LogP contribution >= 0.6 is 0 Å². The van der Waals surface area contributed by atoms with Gasteiger partial charge >= 0.3 is 5.97 Å². The summed E-state index contributed by atoms with van der Waals surface area (Å²) in [5, 5.41) is 3.47. The molecule has 1 unspecified atom stereocenters. The number of hydrogen-bond donors (Lipinski definition) is 1. The van der Waals surface area contributed by atoms with Crippen molar-refractivity contribution in [3.05, 3.63) is 118 Å². The molecule has 1 atom stereocenters. The van der Waals surface area contributed by atoms with Crippen molar-refractivity contribution in [2.75, 3.05) is 5.32 Å². The van der Waals surface area contributed by atoms with E-state index in [1.54, 1.807) is 0 Å². The molecule has 0 fully saturated rings. The van der Waals surface area contributed by atoms with Crippen LogP contribution in [0.3, 0.4) is 0 Å². The van der Waals surface area contributed by atoms with Crippen LogP contribution in [0.1, 0.15) is 38.2 Å². The van der Waals surface area contributed by atoms with Crippen LogP contribution in [-0.2, 0) is 10.3 Å². The normalized spacial score (nSPS) is 17.8. The number of hydrogen-bond acceptors (Lipinski definition) is 4. The Bertz CT molecular complexity index is 1410. The highest BCUT2D eigenvalue weighted by Gasteiger charge is 2.53. The van der Waals surface area contributed by atoms with Crippen molar-refractivity contribution in [1.29, 1.82) is 0 Å². The van der Waals surface area contributed by atoms with E-state index in [0.29, 0.717) is 17.1 Å². The molecule has 2 heterocycles. The molecule has 6 rings (SSSR count). The zero-order valence-electron chi connectivity index (χ0n) is 17.8. The van der Waals surface area contributed by atoms with Crippen LogP contribution in [0.2, 0.25) is 0 Å². The number of nitrogens with one attached hydrogen (secondary N) is 1. The Morgan fingerprint density at radius 2 is 1.56 bits per heavy atom. The van der Waals surface area contributed by atoms with Gasteiger partial charge in [0.2, 0.25) is 0 Å². The molecule has 156 valence electrons. The highest BCUT2D eigenvalue weighted by molar-refractivity contribution is 5.97. The van der Waals surface area contributed by atoms with Gasteiger partial charge < -0.3 is 14.8 Å². The Labute approximate surface area is 186 Å². The third-order valence-corrected chi connectivity index (χ3v) is 6.29. The molecule has 1 spiro atoms. The molecule has 0 bridgehead atoms. The van der Waals surface area contributed by atoms with Gasteiger partial charge in [-0.15, -0.1) is 0 Å². The van der Waals surface area contributed by atoms with Gasteiger partial charge in [0.05, 0.1) is 5.56 Å². The highest BCUT2D eigenvalue weighted by Crippen LogP contribution is 2.56. The van der Waals surface area contributed by atoms with Crippen LogP contribution in [0.5, 0.6) is 11.5 Å². The summed E-state index contributed by atoms with van der Waals surface area (Å²) in [5.41, 5.74) is 6.26. The first-order chi connectivity index (χ1) is 15.6. The molecule has 0 amide bonds. The first-order valence-corrected chi connectivity index (χ1v) is 10.7. The fourth-order valence-corrected chi connectivity index (χ4v) is 4.73. The number of ether oxygens (including phenoxy) is 2. The van der Waals surface area contributed by atoms with Crippen molar-refractivity contribution in [1.82, 2.24) is 0 Å². The minimum atomic E-state index is -1.02. The van der Waals surface area contributed by atoms with E-state index in [1.807, 2.05) is 85.8 Å². The van der Waals surface area contributed by atoms with Gasteiger partial charge in [-0.05, 0) is 55.8 Å². The first-order valence-electron chi connectivity index (χ1n) is 10.7. The van der Waals surface area contributed by atoms with Crippen molar-refractivity contribution >= 4 is 17.3 Å². The van der Waals surface area contributed by atoms with Crippen LogP contribution in [0.15, 0.2) is 84.9 Å². The minimum Gasteiger partial charge on any atom is -0.456 e. The van der Waals surface area contributed by atoms with Crippen LogP contribution in [-0.4, -0.2) is 5.97 Å². The number of carbonyl (C=O) groups excluding carboxylic acids is 1. The third kappa shape index (κ3) is 2.59. The van der Waals surface area contributed by atoms with Crippen LogP contribution in [0.4, 0.5) is 11.4 Å². The fourth-order valence-electron chi connectivity index (χ4n) is 4.73. The first kappa shape index (κ1) is 18.7. The molecule has 0 aromatic heterocycles. The van der Waals surface area contributed by atoms with E-state index in [4.69, 9.17) is 9.47 Å². The number of carbonyl (C=O) groups is 1. The van der Waals surface area contributed by atoms with Crippen molar-refractivity contribution < 1.29 is 14.3 Å². The Balaban J connectivity index is 1.56. The Hall–Kier alpha value is -4.05. The lowest BCUT2D eigenvalue weighted by Gasteiger charge is -2.37. The molecule has 4 heteroatoms. The Morgan fingerprint density at radius 1 is 0.750 bits per heavy atom. The number of esters is 1. The summed E-state index contributed by atoms with van der Waals surface area (Å²) in [7, 11) is 0. The maximum absolute atomic E-state index is 12.9. The molecule has 0 saturated carbocycles. The molecule has 1 N–H and O–H groups in total. The number of fused-ring (bicyclic) bond motifs is 6. The average molecular weight is 419 g/mol. The lowest BCUT2D eigenvalue weighted by Crippen LogP contribution is -2.33. The second kappa shape index (κ2) is 6.72. The average Bonchev–Trinajstić information content (AvgIpc) is 3.09. The molecule has 32 heavy (non-hydrogen) atoms. The van der Waals surface area contributed by atoms with Crippen molar-refractivity contribution in [3.63, 3.8) is 0 Å². The van der Waals surface area contributed by atoms with Crippen molar-refractivity contribution in [2.24, 2.45) is 0 Å². The zero-order valence-corrected chi connectivity index (χ0v) is 17.8. The summed E-state index contributed by atoms with van der Waals surface area (Å²) in [5.74, 6) is 1.05. The lowest BCUT2D eigenvalue weighted by molar-refractivity contribution is 0.0224. The predicted molar refractivity (Wildman–Crippen MR) is 124 cm³/mol. The zero-order chi connectivity index (χ0) is 21.9. The molecule has 0 aliphatic carbocycles. The molecular formula is C28H21NO3. The van der Waals surface area contributed by atoms with Crippen LogP contribution in [0.25, 0.3) is 0 Å². The standard InChI is InChI=1S/C28H21NO3/c1-17-11-14-25-23(15-17)28(21-9-5-4-8-20(21)27(30)32-28)22-13-12-19(16-26(22)31-25)29-24-10-6-3-7-18(24)2/h3-16,29H,1-2H3. The summed E-state index contributed by atoms with van der Waals surface area (Å²) in [4.78, 5) is 12.9. The van der Waals surface area contributed by atoms with E-state index in [-0.39, 0.29) is 5.97 Å². The quantitative estimate of drug-likeness (QED) is 0.371. The Kier molecular flexibility index (Phi) is 3.93. The van der Waals surface area contributed by atoms with Gasteiger partial charge in [0.25, 0.3) is 0 Å². The summed E-state index contributed by atoms with van der Waals surface area (Å²) in [6, 6.07) is 27.7. The molecule has 4 nitrogen and oxygen atoms in total. The van der Waals surface area contributed by atoms with E-state index >= 15 is 0 Å². The molecule has 0 radical (unpaired) electrons. The van der Waals surface area contributed by atoms with E-state index < -0.39 is 5.60 Å². The van der Waals surface area contributed by atoms with Gasteiger partial charge in [0, 0.05) is 34.1 Å². The number of para-hydroxylation sites is 1. The van der Waals surface area contributed by atoms with Gasteiger partial charge in [-0.25, -0.2) is 4.79 Å².